The molecule has 38 heavy (non-hydrogen) atoms. The first-order chi connectivity index (χ1) is 18.1. The van der Waals surface area contributed by atoms with Crippen LogP contribution in [0, 0.1) is 15.9 Å². The monoisotopic (exact) mass is 548 g/mol. The molecule has 1 aromatic heterocycles. The smallest absolute Gasteiger partial charge is 0.433 e. The Balaban J connectivity index is 1.27. The average Bonchev–Trinajstić information content (AvgIpc) is 3.53. The lowest BCUT2D eigenvalue weighted by Crippen LogP contribution is -2.51. The molecule has 4 rings (SSSR count). The van der Waals surface area contributed by atoms with Crippen LogP contribution in [0.5, 0.6) is 0 Å². The fourth-order valence-electron chi connectivity index (χ4n) is 4.21. The quantitative estimate of drug-likeness (QED) is 0.268. The van der Waals surface area contributed by atoms with Crippen LogP contribution in [0.15, 0.2) is 34.7 Å². The largest absolute Gasteiger partial charge is 0.444 e. The van der Waals surface area contributed by atoms with Crippen molar-refractivity contribution < 1.29 is 32.9 Å². The van der Waals surface area contributed by atoms with Gasteiger partial charge in [-0.15, -0.1) is 0 Å². The van der Waals surface area contributed by atoms with Crippen LogP contribution in [0.4, 0.5) is 26.4 Å². The van der Waals surface area contributed by atoms with Gasteiger partial charge in [0.1, 0.15) is 16.8 Å². The molecule has 202 valence electrons. The van der Waals surface area contributed by atoms with E-state index in [2.05, 4.69) is 5.32 Å². The summed E-state index contributed by atoms with van der Waals surface area (Å²) in [5.74, 6) is -2.46. The summed E-state index contributed by atoms with van der Waals surface area (Å²) in [6.07, 6.45) is 0.00885. The van der Waals surface area contributed by atoms with Gasteiger partial charge >= 0.3 is 12.0 Å². The molecule has 3 N–H and O–H groups in total. The van der Waals surface area contributed by atoms with Gasteiger partial charge in [0.15, 0.2) is 5.76 Å². The van der Waals surface area contributed by atoms with Crippen molar-refractivity contribution in [3.63, 3.8) is 0 Å². The molecule has 2 saturated heterocycles. The van der Waals surface area contributed by atoms with E-state index in [0.717, 1.165) is 12.1 Å². The molecule has 15 heteroatoms. The van der Waals surface area contributed by atoms with E-state index in [0.29, 0.717) is 55.4 Å². The van der Waals surface area contributed by atoms with E-state index in [4.69, 9.17) is 27.1 Å². The zero-order chi connectivity index (χ0) is 27.4. The average molecular weight is 549 g/mol. The minimum absolute atomic E-state index is 0.272. The van der Waals surface area contributed by atoms with E-state index >= 15 is 4.39 Å². The molecule has 2 fully saturated rings. The first-order valence-electron chi connectivity index (χ1n) is 11.7. The van der Waals surface area contributed by atoms with Crippen molar-refractivity contribution in [1.29, 1.82) is 0 Å². The fraction of sp³-hybridized carbons (Fsp3) is 0.391. The molecule has 0 aliphatic carbocycles. The number of carbonyl (C=O) groups excluding carboxylic acids is 3. The number of nitrogens with two attached hydrogens (primary N) is 1. The van der Waals surface area contributed by atoms with Gasteiger partial charge in [-0.05, 0) is 30.7 Å². The standard InChI is InChI=1S/C23H25FN6O7S/c24-16-11-14(29-13-15(36-23(29)33)2-5-19(25)38)1-3-17(16)27-7-9-28(10-8-27)20(31)12-26-22(32)18-4-6-21(37-18)30(34)35/h1,3-4,6,11,15H,2,5,7-10,12-13H2,(H2,25,38)(H,26,32)/t15-/m0/s1. The third-order valence-electron chi connectivity index (χ3n) is 6.20. The summed E-state index contributed by atoms with van der Waals surface area (Å²) >= 11 is 4.86. The van der Waals surface area contributed by atoms with E-state index in [1.165, 1.54) is 15.9 Å². The number of rotatable bonds is 9. The molecule has 3 amide bonds. The Morgan fingerprint density at radius 1 is 1.21 bits per heavy atom. The van der Waals surface area contributed by atoms with Crippen molar-refractivity contribution in [2.45, 2.75) is 18.9 Å². The number of anilines is 2. The van der Waals surface area contributed by atoms with Gasteiger partial charge < -0.3 is 30.0 Å². The van der Waals surface area contributed by atoms with Crippen molar-refractivity contribution in [3.8, 4) is 0 Å². The molecule has 0 unspecified atom stereocenters. The van der Waals surface area contributed by atoms with Gasteiger partial charge in [-0.3, -0.25) is 24.6 Å². The Morgan fingerprint density at radius 2 is 1.95 bits per heavy atom. The first kappa shape index (κ1) is 26.8. The molecule has 3 heterocycles. The second-order valence-corrected chi connectivity index (χ2v) is 9.23. The maximum atomic E-state index is 15.0. The number of nitrogens with zero attached hydrogens (tertiary/aromatic N) is 4. The second kappa shape index (κ2) is 11.4. The Labute approximate surface area is 221 Å². The molecule has 1 atom stereocenters. The van der Waals surface area contributed by atoms with Crippen molar-refractivity contribution in [1.82, 2.24) is 10.2 Å². The number of furan rings is 1. The van der Waals surface area contributed by atoms with Gasteiger partial charge in [-0.1, -0.05) is 12.2 Å². The minimum atomic E-state index is -0.769. The normalized spacial score (nSPS) is 17.3. The molecular formula is C23H25FN6O7S. The van der Waals surface area contributed by atoms with Crippen LogP contribution < -0.4 is 20.9 Å². The predicted molar refractivity (Wildman–Crippen MR) is 137 cm³/mol. The van der Waals surface area contributed by atoms with Crippen LogP contribution in [-0.4, -0.2) is 78.1 Å². The number of thiocarbonyl (C=S) groups is 1. The fourth-order valence-corrected chi connectivity index (χ4v) is 4.32. The number of hydrogen-bond acceptors (Lipinski definition) is 9. The van der Waals surface area contributed by atoms with Gasteiger partial charge in [0, 0.05) is 32.6 Å². The number of hydrogen-bond donors (Lipinski definition) is 2. The molecule has 0 bridgehead atoms. The van der Waals surface area contributed by atoms with Gasteiger partial charge in [0.2, 0.25) is 5.91 Å². The topological polar surface area (TPSA) is 164 Å². The van der Waals surface area contributed by atoms with Gasteiger partial charge in [-0.2, -0.15) is 0 Å². The Morgan fingerprint density at radius 3 is 2.58 bits per heavy atom. The Bertz CT molecular complexity index is 1260. The maximum absolute atomic E-state index is 15.0. The number of piperazine rings is 1. The lowest BCUT2D eigenvalue weighted by Gasteiger charge is -2.36. The highest BCUT2D eigenvalue weighted by Gasteiger charge is 2.33. The minimum Gasteiger partial charge on any atom is -0.444 e. The van der Waals surface area contributed by atoms with E-state index < -0.39 is 28.6 Å². The molecule has 2 aliphatic rings. The summed E-state index contributed by atoms with van der Waals surface area (Å²) in [5, 5.41) is 13.0. The van der Waals surface area contributed by atoms with Gasteiger partial charge in [0.05, 0.1) is 35.5 Å². The highest BCUT2D eigenvalue weighted by Crippen LogP contribution is 2.29. The molecule has 0 radical (unpaired) electrons. The number of ether oxygens (including phenoxy) is 1. The number of halogens is 1. The van der Waals surface area contributed by atoms with Crippen LogP contribution in [0.1, 0.15) is 23.4 Å². The Hall–Kier alpha value is -4.27. The summed E-state index contributed by atoms with van der Waals surface area (Å²) in [6.45, 7) is 1.26. The van der Waals surface area contributed by atoms with Crippen molar-refractivity contribution in [3.05, 3.63) is 52.0 Å². The van der Waals surface area contributed by atoms with Crippen LogP contribution in [0.25, 0.3) is 0 Å². The Kier molecular flexibility index (Phi) is 8.05. The van der Waals surface area contributed by atoms with Crippen LogP contribution in [0.2, 0.25) is 0 Å². The van der Waals surface area contributed by atoms with Gasteiger partial charge in [-0.25, -0.2) is 9.18 Å². The van der Waals surface area contributed by atoms with Crippen molar-refractivity contribution in [2.24, 2.45) is 5.73 Å². The number of carbonyl (C=O) groups is 3. The zero-order valence-electron chi connectivity index (χ0n) is 20.1. The van der Waals surface area contributed by atoms with Crippen LogP contribution in [0.3, 0.4) is 0 Å². The van der Waals surface area contributed by atoms with Crippen LogP contribution in [-0.2, 0) is 9.53 Å². The third-order valence-corrected chi connectivity index (χ3v) is 6.40. The lowest BCUT2D eigenvalue weighted by molar-refractivity contribution is -0.402. The van der Waals surface area contributed by atoms with E-state index in [-0.39, 0.29) is 30.9 Å². The number of nitrogens with one attached hydrogen (secondary N) is 1. The number of cyclic esters (lactones) is 1. The zero-order valence-corrected chi connectivity index (χ0v) is 20.9. The summed E-state index contributed by atoms with van der Waals surface area (Å²) in [6, 6.07) is 6.70. The summed E-state index contributed by atoms with van der Waals surface area (Å²) < 4.78 is 25.1. The van der Waals surface area contributed by atoms with E-state index in [1.807, 2.05) is 0 Å². The number of benzene rings is 1. The SMILES string of the molecule is NC(=S)CC[C@H]1CN(c2ccc(N3CCN(C(=O)CNC(=O)c4ccc([N+](=O)[O-])o4)CC3)c(F)c2)C(=O)O1. The molecule has 2 aliphatic heterocycles. The maximum Gasteiger partial charge on any atom is 0.433 e. The number of nitro groups is 1. The lowest BCUT2D eigenvalue weighted by atomic mass is 10.1. The molecule has 1 aromatic carbocycles. The third kappa shape index (κ3) is 6.16. The highest BCUT2D eigenvalue weighted by atomic mass is 32.1. The summed E-state index contributed by atoms with van der Waals surface area (Å²) in [4.78, 5) is 51.7. The second-order valence-electron chi connectivity index (χ2n) is 8.70. The molecule has 2 aromatic rings. The molecule has 0 saturated carbocycles. The van der Waals surface area contributed by atoms with E-state index in [9.17, 15) is 24.5 Å². The summed E-state index contributed by atoms with van der Waals surface area (Å²) in [7, 11) is 0. The van der Waals surface area contributed by atoms with Crippen LogP contribution >= 0.6 is 12.2 Å². The van der Waals surface area contributed by atoms with Crippen molar-refractivity contribution in [2.75, 3.05) is 49.1 Å². The molecule has 0 spiro atoms. The first-order valence-corrected chi connectivity index (χ1v) is 12.1. The summed E-state index contributed by atoms with van der Waals surface area (Å²) in [5.41, 5.74) is 6.22. The molecular weight excluding hydrogens is 523 g/mol. The molecule has 13 nitrogen and oxygen atoms in total. The number of amides is 3. The predicted octanol–water partition coefficient (Wildman–Crippen LogP) is 1.80. The van der Waals surface area contributed by atoms with Crippen molar-refractivity contribution >= 4 is 52.4 Å². The van der Waals surface area contributed by atoms with Gasteiger partial charge in [0.25, 0.3) is 5.91 Å². The highest BCUT2D eigenvalue weighted by molar-refractivity contribution is 7.80. The van der Waals surface area contributed by atoms with E-state index in [1.54, 1.807) is 17.0 Å².